The van der Waals surface area contributed by atoms with E-state index >= 15 is 0 Å². The minimum Gasteiger partial charge on any atom is -0.0654 e. The molecule has 0 saturated carbocycles. The van der Waals surface area contributed by atoms with E-state index in [9.17, 15) is 0 Å². The first-order valence-corrected chi connectivity index (χ1v) is 13.2. The summed E-state index contributed by atoms with van der Waals surface area (Å²) in [5.74, 6) is 2.57. The molecule has 0 bridgehead atoms. The largest absolute Gasteiger partial charge is 0.0654 e. The fourth-order valence-electron chi connectivity index (χ4n) is 4.92. The van der Waals surface area contributed by atoms with Crippen LogP contribution in [0.3, 0.4) is 0 Å². The molecule has 0 aliphatic rings. The molecule has 0 fully saturated rings. The van der Waals surface area contributed by atoms with Gasteiger partial charge in [-0.2, -0.15) is 0 Å². The lowest BCUT2D eigenvalue weighted by molar-refractivity contribution is 0.264. The molecule has 0 N–H and O–H groups in total. The van der Waals surface area contributed by atoms with Gasteiger partial charge in [-0.25, -0.2) is 0 Å². The normalized spacial score (nSPS) is 14.6. The standard InChI is InChI=1S/C29H52/c1-5-7-8-9-10-11-12-13-14-15-17-21-26(3)24-29(27(4)20-6-2)25-28-22-18-16-19-23-28/h16,18-19,22-23,26-27,29H,5-15,17,20-21,24-25H2,1-4H3. The number of hydrogen-bond donors (Lipinski definition) is 0. The third-order valence-electron chi connectivity index (χ3n) is 6.90. The minimum atomic E-state index is 0.847. The first-order valence-electron chi connectivity index (χ1n) is 13.2. The molecule has 1 aromatic rings. The van der Waals surface area contributed by atoms with Crippen molar-refractivity contribution in [2.24, 2.45) is 17.8 Å². The van der Waals surface area contributed by atoms with Crippen molar-refractivity contribution in [2.75, 3.05) is 0 Å². The monoisotopic (exact) mass is 400 g/mol. The highest BCUT2D eigenvalue weighted by Crippen LogP contribution is 2.30. The van der Waals surface area contributed by atoms with Gasteiger partial charge in [0.15, 0.2) is 0 Å². The summed E-state index contributed by atoms with van der Waals surface area (Å²) < 4.78 is 0. The zero-order valence-corrected chi connectivity index (χ0v) is 20.4. The molecule has 29 heavy (non-hydrogen) atoms. The van der Waals surface area contributed by atoms with Gasteiger partial charge in [-0.1, -0.05) is 148 Å². The molecule has 3 atom stereocenters. The van der Waals surface area contributed by atoms with Crippen LogP contribution in [0.15, 0.2) is 30.3 Å². The summed E-state index contributed by atoms with van der Waals surface area (Å²) in [6.45, 7) is 9.64. The molecule has 168 valence electrons. The Morgan fingerprint density at radius 3 is 1.72 bits per heavy atom. The van der Waals surface area contributed by atoms with Gasteiger partial charge in [-0.05, 0) is 36.2 Å². The fraction of sp³-hybridized carbons (Fsp3) is 0.793. The lowest BCUT2D eigenvalue weighted by Gasteiger charge is -2.27. The first kappa shape index (κ1) is 26.3. The fourth-order valence-corrected chi connectivity index (χ4v) is 4.92. The molecule has 0 nitrogen and oxygen atoms in total. The van der Waals surface area contributed by atoms with Crippen molar-refractivity contribution < 1.29 is 0 Å². The molecule has 3 unspecified atom stereocenters. The van der Waals surface area contributed by atoms with E-state index in [0.717, 1.165) is 17.8 Å². The van der Waals surface area contributed by atoms with Gasteiger partial charge >= 0.3 is 0 Å². The first-order chi connectivity index (χ1) is 14.2. The van der Waals surface area contributed by atoms with Crippen LogP contribution < -0.4 is 0 Å². The number of rotatable bonds is 19. The van der Waals surface area contributed by atoms with E-state index < -0.39 is 0 Å². The van der Waals surface area contributed by atoms with Gasteiger partial charge in [-0.3, -0.25) is 0 Å². The maximum absolute atomic E-state index is 2.51. The molecule has 0 aliphatic carbocycles. The van der Waals surface area contributed by atoms with Crippen molar-refractivity contribution >= 4 is 0 Å². The Balaban J connectivity index is 2.16. The Bertz CT molecular complexity index is 448. The Hall–Kier alpha value is -0.780. The summed E-state index contributed by atoms with van der Waals surface area (Å²) in [4.78, 5) is 0. The smallest absolute Gasteiger partial charge is 0.0248 e. The van der Waals surface area contributed by atoms with Crippen molar-refractivity contribution in [3.8, 4) is 0 Å². The zero-order chi connectivity index (χ0) is 21.2. The molecular weight excluding hydrogens is 348 g/mol. The number of benzene rings is 1. The van der Waals surface area contributed by atoms with Crippen LogP contribution in [0.5, 0.6) is 0 Å². The van der Waals surface area contributed by atoms with Crippen LogP contribution in [-0.2, 0) is 6.42 Å². The van der Waals surface area contributed by atoms with Gasteiger partial charge in [0.2, 0.25) is 0 Å². The summed E-state index contributed by atoms with van der Waals surface area (Å²) in [5.41, 5.74) is 1.53. The highest BCUT2D eigenvalue weighted by molar-refractivity contribution is 5.15. The van der Waals surface area contributed by atoms with Crippen molar-refractivity contribution in [1.82, 2.24) is 0 Å². The van der Waals surface area contributed by atoms with E-state index in [-0.39, 0.29) is 0 Å². The van der Waals surface area contributed by atoms with Crippen LogP contribution >= 0.6 is 0 Å². The van der Waals surface area contributed by atoms with Crippen LogP contribution in [0.1, 0.15) is 130 Å². The average Bonchev–Trinajstić information content (AvgIpc) is 2.72. The van der Waals surface area contributed by atoms with Gasteiger partial charge in [-0.15, -0.1) is 0 Å². The summed E-state index contributed by atoms with van der Waals surface area (Å²) in [7, 11) is 0. The minimum absolute atomic E-state index is 0.847. The van der Waals surface area contributed by atoms with Crippen LogP contribution in [0.4, 0.5) is 0 Å². The molecule has 0 heteroatoms. The Kier molecular flexibility index (Phi) is 16.3. The van der Waals surface area contributed by atoms with E-state index in [1.807, 2.05) is 0 Å². The van der Waals surface area contributed by atoms with E-state index in [1.54, 1.807) is 0 Å². The predicted octanol–water partition coefficient (Wildman–Crippen LogP) is 10.0. The van der Waals surface area contributed by atoms with Crippen molar-refractivity contribution in [3.63, 3.8) is 0 Å². The molecule has 0 saturated heterocycles. The molecule has 0 aromatic heterocycles. The van der Waals surface area contributed by atoms with E-state index in [0.29, 0.717) is 0 Å². The number of hydrogen-bond acceptors (Lipinski definition) is 0. The van der Waals surface area contributed by atoms with Crippen molar-refractivity contribution in [1.29, 1.82) is 0 Å². The zero-order valence-electron chi connectivity index (χ0n) is 20.4. The summed E-state index contributed by atoms with van der Waals surface area (Å²) in [6.07, 6.45) is 22.7. The lowest BCUT2D eigenvalue weighted by atomic mass is 9.79. The molecule has 0 radical (unpaired) electrons. The van der Waals surface area contributed by atoms with Crippen molar-refractivity contribution in [2.45, 2.75) is 130 Å². The molecular formula is C29H52. The number of unbranched alkanes of at least 4 members (excludes halogenated alkanes) is 10. The summed E-state index contributed by atoms with van der Waals surface area (Å²) in [5, 5.41) is 0. The Labute approximate surface area is 184 Å². The molecule has 1 rings (SSSR count). The van der Waals surface area contributed by atoms with Gasteiger partial charge in [0.25, 0.3) is 0 Å². The van der Waals surface area contributed by atoms with Gasteiger partial charge in [0, 0.05) is 0 Å². The highest BCUT2D eigenvalue weighted by atomic mass is 14.2. The third-order valence-corrected chi connectivity index (χ3v) is 6.90. The van der Waals surface area contributed by atoms with Gasteiger partial charge in [0.05, 0.1) is 0 Å². The second-order valence-electron chi connectivity index (χ2n) is 9.88. The molecule has 0 amide bonds. The Morgan fingerprint density at radius 1 is 0.621 bits per heavy atom. The van der Waals surface area contributed by atoms with Crippen LogP contribution in [-0.4, -0.2) is 0 Å². The maximum Gasteiger partial charge on any atom is -0.0248 e. The molecule has 0 heterocycles. The second-order valence-corrected chi connectivity index (χ2v) is 9.88. The topological polar surface area (TPSA) is 0 Å². The summed E-state index contributed by atoms with van der Waals surface area (Å²) >= 11 is 0. The predicted molar refractivity (Wildman–Crippen MR) is 133 cm³/mol. The quantitative estimate of drug-likeness (QED) is 0.203. The molecule has 0 aliphatic heterocycles. The SMILES string of the molecule is CCCCCCCCCCCCCC(C)CC(Cc1ccccc1)C(C)CCC. The van der Waals surface area contributed by atoms with E-state index in [1.165, 1.54) is 108 Å². The van der Waals surface area contributed by atoms with Crippen molar-refractivity contribution in [3.05, 3.63) is 35.9 Å². The van der Waals surface area contributed by atoms with E-state index in [4.69, 9.17) is 0 Å². The lowest BCUT2D eigenvalue weighted by Crippen LogP contribution is -2.18. The van der Waals surface area contributed by atoms with Gasteiger partial charge < -0.3 is 0 Å². The molecule has 1 aromatic carbocycles. The molecule has 0 spiro atoms. The van der Waals surface area contributed by atoms with Crippen LogP contribution in [0.25, 0.3) is 0 Å². The second kappa shape index (κ2) is 18.0. The summed E-state index contributed by atoms with van der Waals surface area (Å²) in [6, 6.07) is 11.2. The average molecular weight is 401 g/mol. The van der Waals surface area contributed by atoms with Gasteiger partial charge in [0.1, 0.15) is 0 Å². The Morgan fingerprint density at radius 2 is 1.17 bits per heavy atom. The van der Waals surface area contributed by atoms with Crippen LogP contribution in [0, 0.1) is 17.8 Å². The third kappa shape index (κ3) is 14.0. The highest BCUT2D eigenvalue weighted by Gasteiger charge is 2.20. The van der Waals surface area contributed by atoms with Crippen LogP contribution in [0.2, 0.25) is 0 Å². The van der Waals surface area contributed by atoms with E-state index in [2.05, 4.69) is 58.0 Å². The maximum atomic E-state index is 2.51.